The van der Waals surface area contributed by atoms with Gasteiger partial charge in [0.05, 0.1) is 6.04 Å². The fourth-order valence-electron chi connectivity index (χ4n) is 2.19. The summed E-state index contributed by atoms with van der Waals surface area (Å²) >= 11 is 0. The summed E-state index contributed by atoms with van der Waals surface area (Å²) in [5.74, 6) is 0.209. The molecular formula is C12H24N2O2. The molecule has 0 aromatic carbocycles. The van der Waals surface area contributed by atoms with Crippen LogP contribution in [0.2, 0.25) is 0 Å². The third-order valence-corrected chi connectivity index (χ3v) is 3.19. The van der Waals surface area contributed by atoms with E-state index in [9.17, 15) is 4.79 Å². The van der Waals surface area contributed by atoms with E-state index in [0.29, 0.717) is 6.42 Å². The van der Waals surface area contributed by atoms with E-state index < -0.39 is 0 Å². The van der Waals surface area contributed by atoms with Gasteiger partial charge in [-0.1, -0.05) is 6.92 Å². The Kier molecular flexibility index (Phi) is 5.77. The number of rotatable bonds is 6. The fraction of sp³-hybridized carbons (Fsp3) is 0.917. The van der Waals surface area contributed by atoms with Gasteiger partial charge in [-0.15, -0.1) is 0 Å². The van der Waals surface area contributed by atoms with Crippen molar-refractivity contribution in [3.63, 3.8) is 0 Å². The number of piperidine rings is 1. The number of aliphatic hydroxyl groups excluding tert-OH is 1. The predicted octanol–water partition coefficient (Wildman–Crippen LogP) is 0.748. The molecule has 1 aliphatic heterocycles. The third kappa shape index (κ3) is 3.46. The van der Waals surface area contributed by atoms with Crippen molar-refractivity contribution in [2.45, 2.75) is 51.6 Å². The molecule has 0 aromatic heterocycles. The maximum absolute atomic E-state index is 12.1. The summed E-state index contributed by atoms with van der Waals surface area (Å²) in [6.45, 7) is 6.00. The van der Waals surface area contributed by atoms with E-state index in [0.717, 1.165) is 32.4 Å². The fourth-order valence-corrected chi connectivity index (χ4v) is 2.19. The van der Waals surface area contributed by atoms with Crippen molar-refractivity contribution in [2.24, 2.45) is 0 Å². The highest BCUT2D eigenvalue weighted by Crippen LogP contribution is 2.16. The van der Waals surface area contributed by atoms with Crippen molar-refractivity contribution in [1.82, 2.24) is 10.2 Å². The van der Waals surface area contributed by atoms with Gasteiger partial charge in [0.15, 0.2) is 0 Å². The van der Waals surface area contributed by atoms with Gasteiger partial charge in [-0.3, -0.25) is 4.79 Å². The van der Waals surface area contributed by atoms with E-state index in [2.05, 4.69) is 12.2 Å². The Labute approximate surface area is 98.0 Å². The summed E-state index contributed by atoms with van der Waals surface area (Å²) < 4.78 is 0. The minimum absolute atomic E-state index is 0.00478. The second-order valence-corrected chi connectivity index (χ2v) is 4.54. The van der Waals surface area contributed by atoms with Crippen LogP contribution < -0.4 is 5.32 Å². The van der Waals surface area contributed by atoms with E-state index in [4.69, 9.17) is 5.11 Å². The number of nitrogens with zero attached hydrogens (tertiary/aromatic N) is 1. The third-order valence-electron chi connectivity index (χ3n) is 3.19. The Balaban J connectivity index is 2.49. The zero-order chi connectivity index (χ0) is 12.0. The Hall–Kier alpha value is -0.610. The van der Waals surface area contributed by atoms with Crippen molar-refractivity contribution in [3.8, 4) is 0 Å². The average Bonchev–Trinajstić information content (AvgIpc) is 2.28. The number of carbonyl (C=O) groups is 1. The van der Waals surface area contributed by atoms with Crippen LogP contribution in [0.4, 0.5) is 0 Å². The van der Waals surface area contributed by atoms with Gasteiger partial charge in [0.25, 0.3) is 0 Å². The molecule has 2 N–H and O–H groups in total. The first kappa shape index (κ1) is 13.5. The van der Waals surface area contributed by atoms with E-state index in [1.807, 2.05) is 11.8 Å². The van der Waals surface area contributed by atoms with Crippen molar-refractivity contribution in [1.29, 1.82) is 0 Å². The summed E-state index contributed by atoms with van der Waals surface area (Å²) in [6.07, 6.45) is 3.73. The molecule has 2 unspecified atom stereocenters. The quantitative estimate of drug-likeness (QED) is 0.705. The monoisotopic (exact) mass is 228 g/mol. The molecule has 1 heterocycles. The first-order valence-electron chi connectivity index (χ1n) is 6.35. The molecule has 0 bridgehead atoms. The van der Waals surface area contributed by atoms with E-state index in [1.54, 1.807) is 0 Å². The summed E-state index contributed by atoms with van der Waals surface area (Å²) in [4.78, 5) is 14.0. The van der Waals surface area contributed by atoms with E-state index in [1.165, 1.54) is 0 Å². The molecule has 94 valence electrons. The molecule has 1 amide bonds. The number of carbonyl (C=O) groups excluding carboxylic acids is 1. The summed E-state index contributed by atoms with van der Waals surface area (Å²) in [5, 5.41) is 12.2. The van der Waals surface area contributed by atoms with Gasteiger partial charge in [0.1, 0.15) is 0 Å². The van der Waals surface area contributed by atoms with E-state index in [-0.39, 0.29) is 24.6 Å². The Morgan fingerprint density at radius 2 is 2.38 bits per heavy atom. The van der Waals surface area contributed by atoms with Crippen LogP contribution in [0.25, 0.3) is 0 Å². The smallest absolute Gasteiger partial charge is 0.239 e. The number of hydrogen-bond donors (Lipinski definition) is 2. The van der Waals surface area contributed by atoms with E-state index >= 15 is 0 Å². The van der Waals surface area contributed by atoms with Crippen LogP contribution >= 0.6 is 0 Å². The van der Waals surface area contributed by atoms with Gasteiger partial charge in [0, 0.05) is 19.2 Å². The van der Waals surface area contributed by atoms with Gasteiger partial charge < -0.3 is 15.3 Å². The first-order valence-corrected chi connectivity index (χ1v) is 6.35. The minimum Gasteiger partial charge on any atom is -0.396 e. The lowest BCUT2D eigenvalue weighted by molar-refractivity contribution is -0.138. The lowest BCUT2D eigenvalue weighted by Crippen LogP contribution is -2.53. The second-order valence-electron chi connectivity index (χ2n) is 4.54. The SMILES string of the molecule is CCCNC1CCCN(C(C)CCO)C1=O. The molecule has 0 spiro atoms. The molecular weight excluding hydrogens is 204 g/mol. The predicted molar refractivity (Wildman–Crippen MR) is 64.2 cm³/mol. The number of aliphatic hydroxyl groups is 1. The average molecular weight is 228 g/mol. The van der Waals surface area contributed by atoms with Crippen molar-refractivity contribution in [2.75, 3.05) is 19.7 Å². The summed E-state index contributed by atoms with van der Waals surface area (Å²) in [7, 11) is 0. The molecule has 4 heteroatoms. The number of likely N-dealkylation sites (tertiary alicyclic amines) is 1. The molecule has 1 fully saturated rings. The first-order chi connectivity index (χ1) is 7.70. The Bertz CT molecular complexity index is 221. The number of hydrogen-bond acceptors (Lipinski definition) is 3. The zero-order valence-electron chi connectivity index (χ0n) is 10.4. The van der Waals surface area contributed by atoms with Crippen LogP contribution in [-0.2, 0) is 4.79 Å². The maximum Gasteiger partial charge on any atom is 0.239 e. The van der Waals surface area contributed by atoms with Gasteiger partial charge in [-0.25, -0.2) is 0 Å². The van der Waals surface area contributed by atoms with Gasteiger partial charge in [0.2, 0.25) is 5.91 Å². The lowest BCUT2D eigenvalue weighted by Gasteiger charge is -2.36. The maximum atomic E-state index is 12.1. The summed E-state index contributed by atoms with van der Waals surface area (Å²) in [5.41, 5.74) is 0. The standard InChI is InChI=1S/C12H24N2O2/c1-3-7-13-11-5-4-8-14(12(11)16)10(2)6-9-15/h10-11,13,15H,3-9H2,1-2H3. The van der Waals surface area contributed by atoms with Crippen molar-refractivity contribution in [3.05, 3.63) is 0 Å². The van der Waals surface area contributed by atoms with Crippen LogP contribution in [0.5, 0.6) is 0 Å². The normalized spacial score (nSPS) is 23.6. The number of nitrogens with one attached hydrogen (secondary N) is 1. The minimum atomic E-state index is -0.00478. The molecule has 1 saturated heterocycles. The van der Waals surface area contributed by atoms with Crippen LogP contribution in [0, 0.1) is 0 Å². The highest BCUT2D eigenvalue weighted by atomic mass is 16.3. The molecule has 2 atom stereocenters. The molecule has 4 nitrogen and oxygen atoms in total. The molecule has 0 radical (unpaired) electrons. The highest BCUT2D eigenvalue weighted by molar-refractivity contribution is 5.82. The topological polar surface area (TPSA) is 52.6 Å². The zero-order valence-corrected chi connectivity index (χ0v) is 10.4. The van der Waals surface area contributed by atoms with Crippen molar-refractivity contribution < 1.29 is 9.90 Å². The van der Waals surface area contributed by atoms with Crippen LogP contribution in [0.3, 0.4) is 0 Å². The molecule has 0 saturated carbocycles. The van der Waals surface area contributed by atoms with Crippen LogP contribution in [0.1, 0.15) is 39.5 Å². The lowest BCUT2D eigenvalue weighted by atomic mass is 10.0. The van der Waals surface area contributed by atoms with Crippen LogP contribution in [-0.4, -0.2) is 47.7 Å². The molecule has 16 heavy (non-hydrogen) atoms. The van der Waals surface area contributed by atoms with Gasteiger partial charge >= 0.3 is 0 Å². The molecule has 0 aliphatic carbocycles. The molecule has 0 aromatic rings. The highest BCUT2D eigenvalue weighted by Gasteiger charge is 2.30. The van der Waals surface area contributed by atoms with Crippen molar-refractivity contribution >= 4 is 5.91 Å². The van der Waals surface area contributed by atoms with Gasteiger partial charge in [-0.2, -0.15) is 0 Å². The summed E-state index contributed by atoms with van der Waals surface area (Å²) in [6, 6.07) is 0.151. The Morgan fingerprint density at radius 1 is 1.62 bits per heavy atom. The second kappa shape index (κ2) is 6.86. The number of amides is 1. The molecule has 1 aliphatic rings. The van der Waals surface area contributed by atoms with Crippen LogP contribution in [0.15, 0.2) is 0 Å². The Morgan fingerprint density at radius 3 is 3.00 bits per heavy atom. The van der Waals surface area contributed by atoms with Gasteiger partial charge in [-0.05, 0) is 39.2 Å². The molecule has 1 rings (SSSR count). The largest absolute Gasteiger partial charge is 0.396 e.